The fourth-order valence-corrected chi connectivity index (χ4v) is 4.59. The molecule has 1 atom stereocenters. The highest BCUT2D eigenvalue weighted by atomic mass is 16.4. The van der Waals surface area contributed by atoms with Gasteiger partial charge < -0.3 is 14.4 Å². The normalized spacial score (nSPS) is 16.5. The Balaban J connectivity index is 1.45. The second-order valence-corrected chi connectivity index (χ2v) is 8.29. The molecule has 32 heavy (non-hydrogen) atoms. The average molecular weight is 430 g/mol. The second-order valence-electron chi connectivity index (χ2n) is 8.29. The molecule has 5 rings (SSSR count). The molecule has 1 amide bonds. The Bertz CT molecular complexity index is 1410. The van der Waals surface area contributed by atoms with Gasteiger partial charge in [-0.25, -0.2) is 9.59 Å². The number of fused-ring (bicyclic) bond motifs is 3. The van der Waals surface area contributed by atoms with Crippen LogP contribution in [0.4, 0.5) is 0 Å². The summed E-state index contributed by atoms with van der Waals surface area (Å²) in [5.74, 6) is -0.874. The number of aromatic nitrogens is 1. The van der Waals surface area contributed by atoms with E-state index >= 15 is 0 Å². The van der Waals surface area contributed by atoms with E-state index in [0.29, 0.717) is 35.3 Å². The fraction of sp³-hybridized carbons (Fsp3) is 0.240. The zero-order valence-electron chi connectivity index (χ0n) is 17.6. The lowest BCUT2D eigenvalue weighted by molar-refractivity contribution is 0.0693. The van der Waals surface area contributed by atoms with E-state index in [-0.39, 0.29) is 17.4 Å². The van der Waals surface area contributed by atoms with E-state index in [2.05, 4.69) is 0 Å². The number of aryl methyl sites for hydroxylation is 1. The summed E-state index contributed by atoms with van der Waals surface area (Å²) >= 11 is 0. The molecule has 3 heterocycles. The summed E-state index contributed by atoms with van der Waals surface area (Å²) < 4.78 is 7.22. The maximum absolute atomic E-state index is 13.3. The number of hydrogen-bond donors (Lipinski definition) is 1. The number of likely N-dealkylation sites (tertiary alicyclic amines) is 1. The van der Waals surface area contributed by atoms with Crippen molar-refractivity contribution >= 4 is 28.5 Å². The summed E-state index contributed by atoms with van der Waals surface area (Å²) in [6.45, 7) is 3.15. The monoisotopic (exact) mass is 430 g/mol. The molecule has 1 aliphatic rings. The van der Waals surface area contributed by atoms with Crippen LogP contribution < -0.4 is 5.63 Å². The van der Waals surface area contributed by atoms with Crippen LogP contribution in [-0.4, -0.2) is 39.4 Å². The lowest BCUT2D eigenvalue weighted by Gasteiger charge is -2.33. The molecule has 1 aliphatic heterocycles. The highest BCUT2D eigenvalue weighted by Crippen LogP contribution is 2.28. The van der Waals surface area contributed by atoms with Gasteiger partial charge in [0.25, 0.3) is 5.91 Å². The van der Waals surface area contributed by atoms with Crippen LogP contribution in [0.25, 0.3) is 16.6 Å². The minimum absolute atomic E-state index is 0.0787. The van der Waals surface area contributed by atoms with Gasteiger partial charge in [-0.05, 0) is 61.7 Å². The Morgan fingerprint density at radius 1 is 1.03 bits per heavy atom. The summed E-state index contributed by atoms with van der Waals surface area (Å²) in [5.41, 5.74) is 3.42. The second kappa shape index (κ2) is 7.67. The number of nitrogens with zero attached hydrogens (tertiary/aromatic N) is 2. The van der Waals surface area contributed by atoms with E-state index in [0.717, 1.165) is 24.1 Å². The van der Waals surface area contributed by atoms with Crippen LogP contribution in [0.15, 0.2) is 63.8 Å². The van der Waals surface area contributed by atoms with Gasteiger partial charge in [-0.2, -0.15) is 0 Å². The summed E-state index contributed by atoms with van der Waals surface area (Å²) in [7, 11) is 0. The number of carboxylic acids is 1. The summed E-state index contributed by atoms with van der Waals surface area (Å²) in [4.78, 5) is 38.6. The first kappa shape index (κ1) is 20.1. The molecule has 0 spiro atoms. The topological polar surface area (TPSA) is 92.2 Å². The maximum Gasteiger partial charge on any atom is 0.346 e. The van der Waals surface area contributed by atoms with E-state index in [1.807, 2.05) is 34.4 Å². The number of aromatic carboxylic acids is 1. The van der Waals surface area contributed by atoms with Gasteiger partial charge in [0.2, 0.25) is 5.71 Å². The van der Waals surface area contributed by atoms with Crippen LogP contribution >= 0.6 is 0 Å². The number of carboxylic acid groups (broad SMARTS) is 1. The predicted molar refractivity (Wildman–Crippen MR) is 119 cm³/mol. The molecule has 1 unspecified atom stereocenters. The predicted octanol–water partition coefficient (Wildman–Crippen LogP) is 4.07. The summed E-state index contributed by atoms with van der Waals surface area (Å²) in [5, 5.41) is 9.54. The molecule has 0 saturated carbocycles. The molecule has 1 saturated heterocycles. The zero-order valence-corrected chi connectivity index (χ0v) is 17.6. The number of carbonyl (C=O) groups excluding carboxylic acids is 1. The summed E-state index contributed by atoms with van der Waals surface area (Å²) in [6, 6.07) is 15.6. The van der Waals surface area contributed by atoms with Crippen molar-refractivity contribution in [1.82, 2.24) is 9.30 Å². The van der Waals surface area contributed by atoms with Crippen molar-refractivity contribution in [3.63, 3.8) is 0 Å². The van der Waals surface area contributed by atoms with Crippen LogP contribution in [0, 0.1) is 6.92 Å². The molecule has 0 aliphatic carbocycles. The van der Waals surface area contributed by atoms with Gasteiger partial charge in [0.1, 0.15) is 0 Å². The third kappa shape index (κ3) is 3.36. The molecular formula is C25H22N2O5. The number of hydrogen-bond acceptors (Lipinski definition) is 4. The first-order chi connectivity index (χ1) is 15.4. The molecule has 7 nitrogen and oxygen atoms in total. The van der Waals surface area contributed by atoms with Crippen LogP contribution in [0.3, 0.4) is 0 Å². The van der Waals surface area contributed by atoms with Crippen LogP contribution in [-0.2, 0) is 0 Å². The molecule has 2 aromatic carbocycles. The van der Waals surface area contributed by atoms with Crippen molar-refractivity contribution in [2.24, 2.45) is 0 Å². The van der Waals surface area contributed by atoms with Gasteiger partial charge in [0, 0.05) is 36.3 Å². The van der Waals surface area contributed by atoms with Crippen molar-refractivity contribution < 1.29 is 19.1 Å². The van der Waals surface area contributed by atoms with Crippen molar-refractivity contribution in [3.8, 4) is 0 Å². The van der Waals surface area contributed by atoms with Gasteiger partial charge >= 0.3 is 11.6 Å². The molecule has 4 aromatic rings. The highest BCUT2D eigenvalue weighted by Gasteiger charge is 2.26. The first-order valence-electron chi connectivity index (χ1n) is 10.6. The van der Waals surface area contributed by atoms with Gasteiger partial charge in [-0.15, -0.1) is 0 Å². The Morgan fingerprint density at radius 2 is 1.78 bits per heavy atom. The Labute approximate surface area is 183 Å². The van der Waals surface area contributed by atoms with Crippen molar-refractivity contribution in [1.29, 1.82) is 0 Å². The molecule has 1 N–H and O–H groups in total. The lowest BCUT2D eigenvalue weighted by atomic mass is 9.90. The van der Waals surface area contributed by atoms with E-state index in [1.165, 1.54) is 0 Å². The quantitative estimate of drug-likeness (QED) is 0.529. The zero-order chi connectivity index (χ0) is 22.4. The maximum atomic E-state index is 13.3. The van der Waals surface area contributed by atoms with Crippen LogP contribution in [0.5, 0.6) is 0 Å². The molecule has 1 fully saturated rings. The lowest BCUT2D eigenvalue weighted by Crippen LogP contribution is -2.39. The van der Waals surface area contributed by atoms with Gasteiger partial charge in [0.15, 0.2) is 0 Å². The van der Waals surface area contributed by atoms with Gasteiger partial charge in [0.05, 0.1) is 16.5 Å². The SMILES string of the molecule is Cc1ccc2oc(=O)c3ccc(C(=O)N4CCCC(c5ccc(C(=O)O)cc5)C4)cc3n12. The van der Waals surface area contributed by atoms with Crippen molar-refractivity contribution in [3.05, 3.63) is 87.4 Å². The molecule has 2 aromatic heterocycles. The minimum atomic E-state index is -0.950. The molecule has 7 heteroatoms. The molecule has 162 valence electrons. The van der Waals surface area contributed by atoms with Crippen LogP contribution in [0.1, 0.15) is 50.7 Å². The van der Waals surface area contributed by atoms with Crippen molar-refractivity contribution in [2.45, 2.75) is 25.7 Å². The van der Waals surface area contributed by atoms with E-state index in [9.17, 15) is 14.4 Å². The summed E-state index contributed by atoms with van der Waals surface area (Å²) in [6.07, 6.45) is 1.81. The largest absolute Gasteiger partial charge is 0.478 e. The van der Waals surface area contributed by atoms with Crippen molar-refractivity contribution in [2.75, 3.05) is 13.1 Å². The number of amides is 1. The Kier molecular flexibility index (Phi) is 4.81. The first-order valence-corrected chi connectivity index (χ1v) is 10.6. The van der Waals surface area contributed by atoms with Gasteiger partial charge in [-0.3, -0.25) is 9.20 Å². The standard InChI is InChI=1S/C25H22N2O5/c1-15-4-11-22-27(15)21-13-18(9-10-20(21)25(31)32-22)23(28)26-12-2-3-19(14-26)16-5-7-17(8-6-16)24(29)30/h4-11,13,19H,2-3,12,14H2,1H3,(H,29,30). The van der Waals surface area contributed by atoms with Crippen LogP contribution in [0.2, 0.25) is 0 Å². The number of rotatable bonds is 3. The Hall–Kier alpha value is -3.87. The Morgan fingerprint density at radius 3 is 2.53 bits per heavy atom. The minimum Gasteiger partial charge on any atom is -0.478 e. The smallest absolute Gasteiger partial charge is 0.346 e. The average Bonchev–Trinajstić information content (AvgIpc) is 3.19. The van der Waals surface area contributed by atoms with E-state index in [1.54, 1.807) is 36.4 Å². The molecule has 0 bridgehead atoms. The number of piperidine rings is 1. The number of carbonyl (C=O) groups is 2. The number of benzene rings is 2. The van der Waals surface area contributed by atoms with E-state index in [4.69, 9.17) is 9.52 Å². The van der Waals surface area contributed by atoms with Gasteiger partial charge in [-0.1, -0.05) is 12.1 Å². The highest BCUT2D eigenvalue weighted by molar-refractivity contribution is 5.98. The molecular weight excluding hydrogens is 408 g/mol. The third-order valence-corrected chi connectivity index (χ3v) is 6.28. The fourth-order valence-electron chi connectivity index (χ4n) is 4.59. The van der Waals surface area contributed by atoms with E-state index < -0.39 is 11.6 Å². The third-order valence-electron chi connectivity index (χ3n) is 6.28. The molecule has 0 radical (unpaired) electrons.